The maximum atomic E-state index is 10.4. The average molecular weight is 156 g/mol. The van der Waals surface area contributed by atoms with Crippen molar-refractivity contribution in [3.8, 4) is 6.07 Å². The molecule has 4 heteroatoms. The van der Waals surface area contributed by atoms with Gasteiger partial charge in [-0.15, -0.1) is 0 Å². The highest BCUT2D eigenvalue weighted by atomic mass is 35.5. The monoisotopic (exact) mass is 155 g/mol. The maximum Gasteiger partial charge on any atom is 0.289 e. The Morgan fingerprint density at radius 2 is 2.50 bits per heavy atom. The maximum absolute atomic E-state index is 10.4. The summed E-state index contributed by atoms with van der Waals surface area (Å²) in [4.78, 5) is 10.4. The van der Waals surface area contributed by atoms with Gasteiger partial charge in [0.25, 0.3) is 5.24 Å². The summed E-state index contributed by atoms with van der Waals surface area (Å²) in [6, 6.07) is 3.14. The minimum absolute atomic E-state index is 0.0934. The van der Waals surface area contributed by atoms with Gasteiger partial charge in [-0.25, -0.2) is 0 Å². The molecule has 1 rings (SSSR count). The lowest BCUT2D eigenvalue weighted by atomic mass is 10.3. The molecule has 0 fully saturated rings. The summed E-state index contributed by atoms with van der Waals surface area (Å²) in [6.07, 6.45) is 1.24. The van der Waals surface area contributed by atoms with Crippen LogP contribution in [0.1, 0.15) is 16.1 Å². The topological polar surface area (TPSA) is 54.0 Å². The fraction of sp³-hybridized carbons (Fsp3) is 0. The first-order valence-electron chi connectivity index (χ1n) is 2.43. The second kappa shape index (κ2) is 2.54. The highest BCUT2D eigenvalue weighted by Gasteiger charge is 2.11. The van der Waals surface area contributed by atoms with Crippen LogP contribution in [-0.4, -0.2) is 5.24 Å². The molecule has 0 aliphatic heterocycles. The number of nitriles is 1. The molecular formula is C6H2ClNO2. The third kappa shape index (κ3) is 1.02. The lowest BCUT2D eigenvalue weighted by Gasteiger charge is -1.82. The minimum Gasteiger partial charge on any atom is -0.458 e. The zero-order chi connectivity index (χ0) is 7.56. The van der Waals surface area contributed by atoms with Gasteiger partial charge in [-0.05, 0) is 17.7 Å². The van der Waals surface area contributed by atoms with Gasteiger partial charge in [-0.1, -0.05) is 0 Å². The highest BCUT2D eigenvalue weighted by Crippen LogP contribution is 2.10. The van der Waals surface area contributed by atoms with Crippen molar-refractivity contribution < 1.29 is 9.21 Å². The van der Waals surface area contributed by atoms with Crippen LogP contribution in [0.15, 0.2) is 16.7 Å². The van der Waals surface area contributed by atoms with Gasteiger partial charge in [0.1, 0.15) is 11.6 Å². The first kappa shape index (κ1) is 6.84. The number of carbonyl (C=O) groups excluding carboxylic acids is 1. The second-order valence-corrected chi connectivity index (χ2v) is 1.89. The molecule has 0 atom stereocenters. The van der Waals surface area contributed by atoms with E-state index < -0.39 is 5.24 Å². The van der Waals surface area contributed by atoms with E-state index in [1.807, 2.05) is 0 Å². The van der Waals surface area contributed by atoms with Crippen molar-refractivity contribution in [3.05, 3.63) is 23.7 Å². The molecule has 0 saturated carbocycles. The first-order chi connectivity index (χ1) is 4.75. The minimum atomic E-state index is -0.749. The van der Waals surface area contributed by atoms with Crippen molar-refractivity contribution in [1.82, 2.24) is 0 Å². The van der Waals surface area contributed by atoms with Crippen LogP contribution < -0.4 is 0 Å². The summed E-state index contributed by atoms with van der Waals surface area (Å²) < 4.78 is 4.61. The molecule has 3 nitrogen and oxygen atoms in total. The number of halogens is 1. The van der Waals surface area contributed by atoms with Gasteiger partial charge in [0, 0.05) is 0 Å². The van der Waals surface area contributed by atoms with Crippen LogP contribution in [0.5, 0.6) is 0 Å². The summed E-state index contributed by atoms with van der Waals surface area (Å²) in [5.74, 6) is -0.0934. The predicted molar refractivity (Wildman–Crippen MR) is 33.6 cm³/mol. The normalized spacial score (nSPS) is 8.80. The van der Waals surface area contributed by atoms with Gasteiger partial charge >= 0.3 is 0 Å². The smallest absolute Gasteiger partial charge is 0.289 e. The molecule has 0 aromatic carbocycles. The Morgan fingerprint density at radius 1 is 1.80 bits per heavy atom. The van der Waals surface area contributed by atoms with E-state index in [0.29, 0.717) is 0 Å². The van der Waals surface area contributed by atoms with Crippen LogP contribution in [0, 0.1) is 11.3 Å². The van der Waals surface area contributed by atoms with Crippen molar-refractivity contribution >= 4 is 16.8 Å². The van der Waals surface area contributed by atoms with Crippen LogP contribution in [0.2, 0.25) is 0 Å². The van der Waals surface area contributed by atoms with Gasteiger partial charge in [0.15, 0.2) is 0 Å². The van der Waals surface area contributed by atoms with Crippen molar-refractivity contribution in [3.63, 3.8) is 0 Å². The third-order valence-electron chi connectivity index (χ3n) is 0.964. The summed E-state index contributed by atoms with van der Waals surface area (Å²) in [5, 5.41) is 7.59. The van der Waals surface area contributed by atoms with E-state index in [9.17, 15) is 4.79 Å². The molecule has 1 heterocycles. The Labute approximate surface area is 61.8 Å². The lowest BCUT2D eigenvalue weighted by Crippen LogP contribution is -1.87. The van der Waals surface area contributed by atoms with Crippen LogP contribution in [0.4, 0.5) is 0 Å². The Hall–Kier alpha value is -1.27. The molecule has 0 unspecified atom stereocenters. The summed E-state index contributed by atoms with van der Waals surface area (Å²) in [7, 11) is 0. The molecule has 0 amide bonds. The fourth-order valence-corrected chi connectivity index (χ4v) is 0.696. The average Bonchev–Trinajstić information content (AvgIpc) is 2.33. The molecule has 1 aromatic heterocycles. The van der Waals surface area contributed by atoms with Crippen molar-refractivity contribution in [2.75, 3.05) is 0 Å². The van der Waals surface area contributed by atoms with Gasteiger partial charge in [0.2, 0.25) is 5.76 Å². The van der Waals surface area contributed by atoms with Gasteiger partial charge < -0.3 is 4.42 Å². The summed E-state index contributed by atoms with van der Waals surface area (Å²) in [5.41, 5.74) is 0.167. The third-order valence-corrected chi connectivity index (χ3v) is 1.14. The quantitative estimate of drug-likeness (QED) is 0.578. The molecule has 0 N–H and O–H groups in total. The Morgan fingerprint density at radius 3 is 2.90 bits per heavy atom. The molecule has 0 saturated heterocycles. The second-order valence-electron chi connectivity index (χ2n) is 1.55. The number of hydrogen-bond acceptors (Lipinski definition) is 3. The van der Waals surface area contributed by atoms with Crippen molar-refractivity contribution in [1.29, 1.82) is 5.26 Å². The zero-order valence-electron chi connectivity index (χ0n) is 4.80. The van der Waals surface area contributed by atoms with Gasteiger partial charge in [-0.2, -0.15) is 5.26 Å². The van der Waals surface area contributed by atoms with E-state index in [1.165, 1.54) is 12.3 Å². The molecular weight excluding hydrogens is 154 g/mol. The molecule has 50 valence electrons. The Kier molecular flexibility index (Phi) is 1.74. The van der Waals surface area contributed by atoms with E-state index in [-0.39, 0.29) is 11.3 Å². The fourth-order valence-electron chi connectivity index (χ4n) is 0.550. The Balaban J connectivity index is 3.17. The number of furan rings is 1. The predicted octanol–water partition coefficient (Wildman–Crippen LogP) is 1.53. The van der Waals surface area contributed by atoms with Crippen LogP contribution in [-0.2, 0) is 0 Å². The largest absolute Gasteiger partial charge is 0.458 e. The zero-order valence-corrected chi connectivity index (χ0v) is 5.55. The Bertz CT molecular complexity index is 297. The van der Waals surface area contributed by atoms with E-state index in [2.05, 4.69) is 4.42 Å². The van der Waals surface area contributed by atoms with E-state index in [4.69, 9.17) is 16.9 Å². The van der Waals surface area contributed by atoms with E-state index >= 15 is 0 Å². The summed E-state index contributed by atoms with van der Waals surface area (Å²) in [6.45, 7) is 0. The first-order valence-corrected chi connectivity index (χ1v) is 2.81. The number of hydrogen-bond donors (Lipinski definition) is 0. The molecule has 0 aliphatic rings. The van der Waals surface area contributed by atoms with Crippen LogP contribution in [0.25, 0.3) is 0 Å². The number of nitrogens with zero attached hydrogens (tertiary/aromatic N) is 1. The van der Waals surface area contributed by atoms with E-state index in [1.54, 1.807) is 6.07 Å². The number of rotatable bonds is 1. The van der Waals surface area contributed by atoms with Crippen LogP contribution >= 0.6 is 11.6 Å². The molecule has 0 spiro atoms. The molecule has 0 aliphatic carbocycles. The van der Waals surface area contributed by atoms with Crippen molar-refractivity contribution in [2.24, 2.45) is 0 Å². The molecule has 1 aromatic rings. The van der Waals surface area contributed by atoms with Crippen LogP contribution in [0.3, 0.4) is 0 Å². The number of carbonyl (C=O) groups is 1. The molecule has 0 radical (unpaired) electrons. The summed E-state index contributed by atoms with van der Waals surface area (Å²) >= 11 is 5.04. The molecule has 10 heavy (non-hydrogen) atoms. The SMILES string of the molecule is N#Cc1ccoc1C(=O)Cl. The van der Waals surface area contributed by atoms with Gasteiger partial charge in [0.05, 0.1) is 6.26 Å². The lowest BCUT2D eigenvalue weighted by molar-refractivity contribution is 0.105. The standard InChI is InChI=1S/C6H2ClNO2/c7-6(9)5-4(3-8)1-2-10-5/h1-2H. The molecule has 0 bridgehead atoms. The van der Waals surface area contributed by atoms with E-state index in [0.717, 1.165) is 0 Å². The van der Waals surface area contributed by atoms with Crippen molar-refractivity contribution in [2.45, 2.75) is 0 Å². The van der Waals surface area contributed by atoms with Gasteiger partial charge in [-0.3, -0.25) is 4.79 Å². The highest BCUT2D eigenvalue weighted by molar-refractivity contribution is 6.67.